The maximum Gasteiger partial charge on any atom is 0.131 e. The zero-order chi connectivity index (χ0) is 8.72. The van der Waals surface area contributed by atoms with Crippen molar-refractivity contribution in [1.82, 2.24) is 4.90 Å². The van der Waals surface area contributed by atoms with Crippen molar-refractivity contribution in [1.29, 1.82) is 0 Å². The van der Waals surface area contributed by atoms with E-state index < -0.39 is 6.17 Å². The molecular weight excluding hydrogens is 155 g/mol. The molecule has 0 aliphatic carbocycles. The fraction of sp³-hybridized carbons (Fsp3) is 1.00. The second-order valence-corrected chi connectivity index (χ2v) is 4.16. The molecule has 2 rings (SSSR count). The summed E-state index contributed by atoms with van der Waals surface area (Å²) in [5.74, 6) is 0. The van der Waals surface area contributed by atoms with Crippen molar-refractivity contribution < 1.29 is 4.39 Å². The molecule has 4 atom stereocenters. The van der Waals surface area contributed by atoms with Gasteiger partial charge in [0, 0.05) is 18.1 Å². The van der Waals surface area contributed by atoms with Gasteiger partial charge in [0.2, 0.25) is 0 Å². The summed E-state index contributed by atoms with van der Waals surface area (Å²) in [5, 5.41) is 0. The second kappa shape index (κ2) is 2.96. The summed E-state index contributed by atoms with van der Waals surface area (Å²) in [7, 11) is 2.03. The molecule has 3 heteroatoms. The summed E-state index contributed by atoms with van der Waals surface area (Å²) in [6.45, 7) is 0. The highest BCUT2D eigenvalue weighted by Crippen LogP contribution is 2.33. The highest BCUT2D eigenvalue weighted by molar-refractivity contribution is 4.98. The van der Waals surface area contributed by atoms with E-state index in [0.717, 1.165) is 12.8 Å². The first-order valence-electron chi connectivity index (χ1n) is 4.81. The van der Waals surface area contributed by atoms with Crippen LogP contribution in [0.15, 0.2) is 0 Å². The molecule has 2 nitrogen and oxygen atoms in total. The van der Waals surface area contributed by atoms with E-state index in [9.17, 15) is 4.39 Å². The Bertz CT molecular complexity index is 170. The van der Waals surface area contributed by atoms with Crippen LogP contribution in [-0.2, 0) is 0 Å². The smallest absolute Gasteiger partial charge is 0.131 e. The summed E-state index contributed by atoms with van der Waals surface area (Å²) in [6, 6.07) is 0.440. The monoisotopic (exact) mass is 172 g/mol. The van der Waals surface area contributed by atoms with Gasteiger partial charge in [0.25, 0.3) is 0 Å². The third kappa shape index (κ3) is 1.15. The molecule has 2 fully saturated rings. The van der Waals surface area contributed by atoms with Gasteiger partial charge >= 0.3 is 0 Å². The molecule has 0 aromatic rings. The van der Waals surface area contributed by atoms with Crippen LogP contribution in [0, 0.1) is 0 Å². The lowest BCUT2D eigenvalue weighted by Gasteiger charge is -2.48. The Morgan fingerprint density at radius 1 is 1.42 bits per heavy atom. The number of hydrogen-bond acceptors (Lipinski definition) is 2. The van der Waals surface area contributed by atoms with Gasteiger partial charge in [0.05, 0.1) is 0 Å². The third-order valence-corrected chi connectivity index (χ3v) is 3.46. The van der Waals surface area contributed by atoms with Crippen LogP contribution < -0.4 is 5.73 Å². The molecule has 0 aromatic heterocycles. The first-order valence-corrected chi connectivity index (χ1v) is 4.81. The van der Waals surface area contributed by atoms with Crippen LogP contribution >= 0.6 is 0 Å². The van der Waals surface area contributed by atoms with Crippen LogP contribution in [-0.4, -0.2) is 36.2 Å². The molecule has 1 unspecified atom stereocenters. The lowest BCUT2D eigenvalue weighted by atomic mass is 9.81. The fourth-order valence-corrected chi connectivity index (χ4v) is 2.64. The average Bonchev–Trinajstić information content (AvgIpc) is 2.04. The lowest BCUT2D eigenvalue weighted by molar-refractivity contribution is -0.00555. The van der Waals surface area contributed by atoms with Crippen molar-refractivity contribution >= 4 is 0 Å². The zero-order valence-corrected chi connectivity index (χ0v) is 7.54. The van der Waals surface area contributed by atoms with Crippen molar-refractivity contribution in [2.75, 3.05) is 7.05 Å². The largest absolute Gasteiger partial charge is 0.325 e. The van der Waals surface area contributed by atoms with Gasteiger partial charge < -0.3 is 5.73 Å². The predicted octanol–water partition coefficient (Wildman–Crippen LogP) is 0.908. The second-order valence-electron chi connectivity index (χ2n) is 4.16. The Labute approximate surface area is 72.9 Å². The van der Waals surface area contributed by atoms with Gasteiger partial charge in [-0.1, -0.05) is 6.42 Å². The molecule has 2 bridgehead atoms. The number of piperidine rings is 2. The summed E-state index contributed by atoms with van der Waals surface area (Å²) < 4.78 is 13.5. The van der Waals surface area contributed by atoms with Crippen molar-refractivity contribution in [2.45, 2.75) is 50.0 Å². The molecule has 2 aliphatic heterocycles. The molecule has 12 heavy (non-hydrogen) atoms. The SMILES string of the molecule is CN1C2CCC[C@H]1[C@H](F)[C@H](N)C2. The summed E-state index contributed by atoms with van der Waals surface area (Å²) in [6.07, 6.45) is 3.41. The minimum atomic E-state index is -0.799. The van der Waals surface area contributed by atoms with E-state index in [2.05, 4.69) is 4.90 Å². The van der Waals surface area contributed by atoms with Crippen LogP contribution in [0.5, 0.6) is 0 Å². The molecular formula is C9H17FN2. The van der Waals surface area contributed by atoms with Gasteiger partial charge in [0.15, 0.2) is 0 Å². The van der Waals surface area contributed by atoms with E-state index >= 15 is 0 Å². The average molecular weight is 172 g/mol. The Balaban J connectivity index is 2.14. The first kappa shape index (κ1) is 8.45. The van der Waals surface area contributed by atoms with E-state index in [4.69, 9.17) is 5.73 Å². The highest BCUT2D eigenvalue weighted by atomic mass is 19.1. The maximum absolute atomic E-state index is 13.5. The fourth-order valence-electron chi connectivity index (χ4n) is 2.64. The van der Waals surface area contributed by atoms with Gasteiger partial charge in [-0.25, -0.2) is 4.39 Å². The molecule has 0 amide bonds. The van der Waals surface area contributed by atoms with E-state index in [1.165, 1.54) is 12.8 Å². The van der Waals surface area contributed by atoms with E-state index in [-0.39, 0.29) is 12.1 Å². The molecule has 2 saturated heterocycles. The van der Waals surface area contributed by atoms with E-state index in [1.807, 2.05) is 7.05 Å². The van der Waals surface area contributed by atoms with Crippen LogP contribution in [0.25, 0.3) is 0 Å². The Morgan fingerprint density at radius 2 is 2.17 bits per heavy atom. The standard InChI is InChI=1S/C9H17FN2/c1-12-6-3-2-4-8(12)9(10)7(11)5-6/h6-9H,2-5,11H2,1H3/t6?,7-,8+,9-/m1/s1. The highest BCUT2D eigenvalue weighted by Gasteiger charge is 2.41. The summed E-state index contributed by atoms with van der Waals surface area (Å²) in [5.41, 5.74) is 5.73. The summed E-state index contributed by atoms with van der Waals surface area (Å²) in [4.78, 5) is 2.19. The van der Waals surface area contributed by atoms with Gasteiger partial charge in [-0.3, -0.25) is 4.90 Å². The normalized spacial score (nSPS) is 49.2. The van der Waals surface area contributed by atoms with Crippen molar-refractivity contribution in [3.63, 3.8) is 0 Å². The minimum absolute atomic E-state index is 0.104. The number of nitrogens with two attached hydrogens (primary N) is 1. The van der Waals surface area contributed by atoms with Gasteiger partial charge in [-0.2, -0.15) is 0 Å². The Kier molecular flexibility index (Phi) is 2.09. The van der Waals surface area contributed by atoms with Crippen molar-refractivity contribution in [2.24, 2.45) is 5.73 Å². The van der Waals surface area contributed by atoms with Crippen molar-refractivity contribution in [3.05, 3.63) is 0 Å². The van der Waals surface area contributed by atoms with Gasteiger partial charge in [-0.05, 0) is 26.3 Å². The quantitative estimate of drug-likeness (QED) is 0.588. The number of hydrogen-bond donors (Lipinski definition) is 1. The minimum Gasteiger partial charge on any atom is -0.325 e. The molecule has 0 saturated carbocycles. The first-order chi connectivity index (χ1) is 5.70. The Hall–Kier alpha value is -0.150. The number of alkyl halides is 1. The van der Waals surface area contributed by atoms with E-state index in [1.54, 1.807) is 0 Å². The molecule has 2 heterocycles. The van der Waals surface area contributed by atoms with Gasteiger partial charge in [-0.15, -0.1) is 0 Å². The molecule has 70 valence electrons. The number of fused-ring (bicyclic) bond motifs is 2. The lowest BCUT2D eigenvalue weighted by Crippen LogP contribution is -2.60. The van der Waals surface area contributed by atoms with Gasteiger partial charge in [0.1, 0.15) is 6.17 Å². The van der Waals surface area contributed by atoms with Crippen LogP contribution in [0.2, 0.25) is 0 Å². The summed E-state index contributed by atoms with van der Waals surface area (Å²) >= 11 is 0. The zero-order valence-electron chi connectivity index (χ0n) is 7.54. The Morgan fingerprint density at radius 3 is 2.92 bits per heavy atom. The van der Waals surface area contributed by atoms with E-state index in [0.29, 0.717) is 6.04 Å². The topological polar surface area (TPSA) is 29.3 Å². The molecule has 2 N–H and O–H groups in total. The maximum atomic E-state index is 13.5. The number of rotatable bonds is 0. The van der Waals surface area contributed by atoms with Crippen molar-refractivity contribution in [3.8, 4) is 0 Å². The molecule has 0 radical (unpaired) electrons. The predicted molar refractivity (Wildman–Crippen MR) is 46.7 cm³/mol. The van der Waals surface area contributed by atoms with Crippen LogP contribution in [0.1, 0.15) is 25.7 Å². The van der Waals surface area contributed by atoms with Crippen LogP contribution in [0.4, 0.5) is 4.39 Å². The molecule has 2 aliphatic rings. The van der Waals surface area contributed by atoms with Crippen LogP contribution in [0.3, 0.4) is 0 Å². The third-order valence-electron chi connectivity index (χ3n) is 3.46. The molecule has 0 aromatic carbocycles. The molecule has 0 spiro atoms. The number of halogens is 1. The number of nitrogens with zero attached hydrogens (tertiary/aromatic N) is 1.